The van der Waals surface area contributed by atoms with E-state index in [0.717, 1.165) is 34.1 Å². The first kappa shape index (κ1) is 12.8. The largest absolute Gasteiger partial charge is 0.494 e. The van der Waals surface area contributed by atoms with E-state index < -0.39 is 0 Å². The Morgan fingerprint density at radius 3 is 2.74 bits per heavy atom. The second-order valence-corrected chi connectivity index (χ2v) is 5.56. The van der Waals surface area contributed by atoms with E-state index in [1.54, 1.807) is 0 Å². The van der Waals surface area contributed by atoms with Crippen LogP contribution in [0.5, 0.6) is 5.75 Å². The molecular formula is C14H13ClN2OS. The molecule has 0 atom stereocenters. The minimum absolute atomic E-state index is 0.582. The van der Waals surface area contributed by atoms with Gasteiger partial charge in [0, 0.05) is 22.6 Å². The maximum Gasteiger partial charge on any atom is 0.161 e. The van der Waals surface area contributed by atoms with Gasteiger partial charge in [0.05, 0.1) is 12.3 Å². The Morgan fingerprint density at radius 2 is 2.00 bits per heavy atom. The van der Waals surface area contributed by atoms with Crippen LogP contribution < -0.4 is 4.74 Å². The van der Waals surface area contributed by atoms with Crippen molar-refractivity contribution >= 4 is 23.4 Å². The van der Waals surface area contributed by atoms with Gasteiger partial charge in [-0.15, -0.1) is 0 Å². The second kappa shape index (κ2) is 5.39. The van der Waals surface area contributed by atoms with Crippen molar-refractivity contribution in [2.24, 2.45) is 0 Å². The van der Waals surface area contributed by atoms with Crippen LogP contribution in [-0.2, 0) is 11.5 Å². The van der Waals surface area contributed by atoms with Gasteiger partial charge in [0.2, 0.25) is 0 Å². The Bertz CT molecular complexity index is 601. The fourth-order valence-electron chi connectivity index (χ4n) is 2.01. The summed E-state index contributed by atoms with van der Waals surface area (Å²) in [6.07, 6.45) is 0. The smallest absolute Gasteiger partial charge is 0.161 e. The van der Waals surface area contributed by atoms with E-state index in [2.05, 4.69) is 9.97 Å². The number of hydrogen-bond donors (Lipinski definition) is 0. The lowest BCUT2D eigenvalue weighted by atomic mass is 10.2. The third-order valence-corrected chi connectivity index (χ3v) is 4.23. The fraction of sp³-hybridized carbons (Fsp3) is 0.286. The van der Waals surface area contributed by atoms with Gasteiger partial charge < -0.3 is 4.74 Å². The molecule has 0 aliphatic carbocycles. The van der Waals surface area contributed by atoms with Gasteiger partial charge in [-0.2, -0.15) is 11.8 Å². The van der Waals surface area contributed by atoms with Gasteiger partial charge in [0.1, 0.15) is 10.9 Å². The molecule has 1 aromatic carbocycles. The average Bonchev–Trinajstić information content (AvgIpc) is 2.89. The highest BCUT2D eigenvalue weighted by molar-refractivity contribution is 7.98. The van der Waals surface area contributed by atoms with E-state index in [-0.39, 0.29) is 0 Å². The molecule has 0 bridgehead atoms. The Hall–Kier alpha value is -1.26. The van der Waals surface area contributed by atoms with Gasteiger partial charge in [0.15, 0.2) is 5.82 Å². The molecule has 0 saturated heterocycles. The van der Waals surface area contributed by atoms with Crippen molar-refractivity contribution in [3.8, 4) is 17.1 Å². The summed E-state index contributed by atoms with van der Waals surface area (Å²) in [6.45, 7) is 2.63. The standard InChI is InChI=1S/C14H13ClN2OS/c1-2-18-10-5-3-9(4-6-10)14-16-12-8-19-7-11(12)13(15)17-14/h3-6H,2,7-8H2,1H3. The third kappa shape index (κ3) is 2.55. The average molecular weight is 293 g/mol. The van der Waals surface area contributed by atoms with E-state index in [9.17, 15) is 0 Å². The molecule has 0 spiro atoms. The molecule has 98 valence electrons. The molecule has 0 unspecified atom stereocenters. The van der Waals surface area contributed by atoms with Crippen LogP contribution in [0.2, 0.25) is 5.15 Å². The highest BCUT2D eigenvalue weighted by Crippen LogP contribution is 2.34. The van der Waals surface area contributed by atoms with Crippen LogP contribution in [0.15, 0.2) is 24.3 Å². The molecular weight excluding hydrogens is 280 g/mol. The Balaban J connectivity index is 1.96. The molecule has 0 radical (unpaired) electrons. The van der Waals surface area contributed by atoms with Crippen molar-refractivity contribution < 1.29 is 4.74 Å². The quantitative estimate of drug-likeness (QED) is 0.803. The van der Waals surface area contributed by atoms with Crippen LogP contribution in [0.4, 0.5) is 0 Å². The predicted molar refractivity (Wildman–Crippen MR) is 78.6 cm³/mol. The molecule has 1 aromatic heterocycles. The summed E-state index contributed by atoms with van der Waals surface area (Å²) in [5.74, 6) is 3.38. The van der Waals surface area contributed by atoms with Gasteiger partial charge in [-0.3, -0.25) is 0 Å². The molecule has 0 N–H and O–H groups in total. The first-order valence-corrected chi connectivity index (χ1v) is 7.67. The van der Waals surface area contributed by atoms with Crippen LogP contribution in [0.3, 0.4) is 0 Å². The number of ether oxygens (including phenoxy) is 1. The van der Waals surface area contributed by atoms with Crippen molar-refractivity contribution in [3.63, 3.8) is 0 Å². The number of aromatic nitrogens is 2. The Kier molecular flexibility index (Phi) is 3.62. The molecule has 0 amide bonds. The van der Waals surface area contributed by atoms with Crippen molar-refractivity contribution in [3.05, 3.63) is 40.7 Å². The minimum Gasteiger partial charge on any atom is -0.494 e. The van der Waals surface area contributed by atoms with Crippen LogP contribution in [0, 0.1) is 0 Å². The number of benzene rings is 1. The topological polar surface area (TPSA) is 35.0 Å². The highest BCUT2D eigenvalue weighted by Gasteiger charge is 2.19. The number of hydrogen-bond acceptors (Lipinski definition) is 4. The maximum atomic E-state index is 6.22. The van der Waals surface area contributed by atoms with Crippen LogP contribution in [-0.4, -0.2) is 16.6 Å². The molecule has 0 saturated carbocycles. The van der Waals surface area contributed by atoms with Gasteiger partial charge in [0.25, 0.3) is 0 Å². The molecule has 2 heterocycles. The zero-order chi connectivity index (χ0) is 13.2. The molecule has 3 nitrogen and oxygen atoms in total. The molecule has 19 heavy (non-hydrogen) atoms. The van der Waals surface area contributed by atoms with Crippen molar-refractivity contribution in [2.75, 3.05) is 6.61 Å². The van der Waals surface area contributed by atoms with E-state index in [4.69, 9.17) is 16.3 Å². The molecule has 0 fully saturated rings. The highest BCUT2D eigenvalue weighted by atomic mass is 35.5. The molecule has 1 aliphatic heterocycles. The van der Waals surface area contributed by atoms with Crippen LogP contribution in [0.1, 0.15) is 18.2 Å². The second-order valence-electron chi connectivity index (χ2n) is 4.21. The predicted octanol–water partition coefficient (Wildman–Crippen LogP) is 3.94. The Morgan fingerprint density at radius 1 is 1.21 bits per heavy atom. The molecule has 5 heteroatoms. The van der Waals surface area contributed by atoms with Crippen molar-refractivity contribution in [2.45, 2.75) is 18.4 Å². The zero-order valence-corrected chi connectivity index (χ0v) is 12.1. The lowest BCUT2D eigenvalue weighted by molar-refractivity contribution is 0.340. The normalized spacial score (nSPS) is 13.4. The monoisotopic (exact) mass is 292 g/mol. The summed E-state index contributed by atoms with van der Waals surface area (Å²) in [6, 6.07) is 7.78. The van der Waals surface area contributed by atoms with E-state index in [1.165, 1.54) is 0 Å². The van der Waals surface area contributed by atoms with Gasteiger partial charge in [-0.1, -0.05) is 11.6 Å². The van der Waals surface area contributed by atoms with E-state index >= 15 is 0 Å². The summed E-state index contributed by atoms with van der Waals surface area (Å²) in [5.41, 5.74) is 3.11. The van der Waals surface area contributed by atoms with Crippen molar-refractivity contribution in [1.29, 1.82) is 0 Å². The van der Waals surface area contributed by atoms with Gasteiger partial charge in [-0.05, 0) is 31.2 Å². The minimum atomic E-state index is 0.582. The van der Waals surface area contributed by atoms with E-state index in [0.29, 0.717) is 17.6 Å². The van der Waals surface area contributed by atoms with Gasteiger partial charge >= 0.3 is 0 Å². The summed E-state index contributed by atoms with van der Waals surface area (Å²) in [7, 11) is 0. The number of rotatable bonds is 3. The summed E-state index contributed by atoms with van der Waals surface area (Å²) in [4.78, 5) is 8.99. The van der Waals surface area contributed by atoms with E-state index in [1.807, 2.05) is 43.0 Å². The molecule has 3 rings (SSSR count). The lowest BCUT2D eigenvalue weighted by Gasteiger charge is -2.06. The van der Waals surface area contributed by atoms with Crippen LogP contribution >= 0.6 is 23.4 Å². The van der Waals surface area contributed by atoms with Gasteiger partial charge in [-0.25, -0.2) is 9.97 Å². The number of halogens is 1. The zero-order valence-electron chi connectivity index (χ0n) is 10.5. The summed E-state index contributed by atoms with van der Waals surface area (Å²) >= 11 is 8.04. The first-order valence-electron chi connectivity index (χ1n) is 6.14. The third-order valence-electron chi connectivity index (χ3n) is 2.95. The number of fused-ring (bicyclic) bond motifs is 1. The molecule has 2 aromatic rings. The maximum absolute atomic E-state index is 6.22. The van der Waals surface area contributed by atoms with Crippen molar-refractivity contribution in [1.82, 2.24) is 9.97 Å². The SMILES string of the molecule is CCOc1ccc(-c2nc(Cl)c3c(n2)CSC3)cc1. The van der Waals surface area contributed by atoms with Crippen LogP contribution in [0.25, 0.3) is 11.4 Å². The fourth-order valence-corrected chi connectivity index (χ4v) is 3.38. The summed E-state index contributed by atoms with van der Waals surface area (Å²) in [5, 5.41) is 0.582. The lowest BCUT2D eigenvalue weighted by Crippen LogP contribution is -1.97. The Labute approximate surface area is 121 Å². The number of thioether (sulfide) groups is 1. The summed E-state index contributed by atoms with van der Waals surface area (Å²) < 4.78 is 5.42. The first-order chi connectivity index (χ1) is 9.28. The molecule has 1 aliphatic rings. The number of nitrogens with zero attached hydrogens (tertiary/aromatic N) is 2.